The van der Waals surface area contributed by atoms with Crippen molar-refractivity contribution in [3.63, 3.8) is 0 Å². The van der Waals surface area contributed by atoms with Gasteiger partial charge in [0.05, 0.1) is 24.9 Å². The molecule has 4 rings (SSSR count). The van der Waals surface area contributed by atoms with E-state index >= 15 is 0 Å². The summed E-state index contributed by atoms with van der Waals surface area (Å²) in [6.07, 6.45) is 0. The second-order valence-electron chi connectivity index (χ2n) is 5.71. The van der Waals surface area contributed by atoms with E-state index in [2.05, 4.69) is 22.3 Å². The van der Waals surface area contributed by atoms with Gasteiger partial charge in [-0.15, -0.1) is 0 Å². The fourth-order valence-electron chi connectivity index (χ4n) is 3.11. The van der Waals surface area contributed by atoms with Crippen molar-refractivity contribution in [2.24, 2.45) is 0 Å². The van der Waals surface area contributed by atoms with Gasteiger partial charge in [-0.2, -0.15) is 0 Å². The Morgan fingerprint density at radius 2 is 2.00 bits per heavy atom. The maximum atomic E-state index is 11.5. The molecule has 0 saturated carbocycles. The van der Waals surface area contributed by atoms with Crippen LogP contribution in [0.3, 0.4) is 0 Å². The van der Waals surface area contributed by atoms with E-state index in [1.807, 2.05) is 36.4 Å². The molecule has 2 heterocycles. The number of benzene rings is 2. The van der Waals surface area contributed by atoms with Crippen LogP contribution in [0.25, 0.3) is 0 Å². The molecule has 0 bridgehead atoms. The van der Waals surface area contributed by atoms with Crippen LogP contribution in [0, 0.1) is 0 Å². The van der Waals surface area contributed by atoms with E-state index in [0.717, 1.165) is 23.7 Å². The van der Waals surface area contributed by atoms with Gasteiger partial charge in [-0.25, -0.2) is 0 Å². The van der Waals surface area contributed by atoms with E-state index < -0.39 is 0 Å². The van der Waals surface area contributed by atoms with Crippen molar-refractivity contribution in [1.29, 1.82) is 0 Å². The maximum Gasteiger partial charge on any atom is 0.262 e. The molecule has 0 unspecified atom stereocenters. The first-order valence-electron chi connectivity index (χ1n) is 7.77. The fraction of sp³-hybridized carbons (Fsp3) is 0.278. The highest BCUT2D eigenvalue weighted by Crippen LogP contribution is 2.36. The van der Waals surface area contributed by atoms with Crippen molar-refractivity contribution < 1.29 is 14.3 Å². The Labute approximate surface area is 134 Å². The molecule has 0 spiro atoms. The molecule has 118 valence electrons. The van der Waals surface area contributed by atoms with E-state index in [-0.39, 0.29) is 18.6 Å². The van der Waals surface area contributed by atoms with Crippen molar-refractivity contribution in [3.05, 3.63) is 54.1 Å². The molecule has 2 aliphatic rings. The maximum absolute atomic E-state index is 11.5. The third-order valence-corrected chi connectivity index (χ3v) is 4.24. The van der Waals surface area contributed by atoms with Crippen LogP contribution in [-0.4, -0.2) is 32.3 Å². The normalized spacial score (nSPS) is 20.4. The first kappa shape index (κ1) is 14.1. The first-order chi connectivity index (χ1) is 11.3. The van der Waals surface area contributed by atoms with Gasteiger partial charge in [0.1, 0.15) is 5.75 Å². The van der Waals surface area contributed by atoms with Gasteiger partial charge < -0.3 is 19.7 Å². The van der Waals surface area contributed by atoms with Crippen LogP contribution in [0.15, 0.2) is 48.5 Å². The molecule has 0 aliphatic carbocycles. The minimum atomic E-state index is -0.115. The van der Waals surface area contributed by atoms with E-state index in [1.54, 1.807) is 0 Å². The lowest BCUT2D eigenvalue weighted by Crippen LogP contribution is -2.39. The van der Waals surface area contributed by atoms with Crippen LogP contribution in [0.4, 0.5) is 11.4 Å². The molecule has 2 aromatic rings. The van der Waals surface area contributed by atoms with Crippen molar-refractivity contribution in [2.45, 2.75) is 6.04 Å². The number of carbonyl (C=O) groups excluding carboxylic acids is 1. The molecule has 1 saturated heterocycles. The lowest BCUT2D eigenvalue weighted by atomic mass is 10.0. The second-order valence-corrected chi connectivity index (χ2v) is 5.71. The molecule has 1 N–H and O–H groups in total. The Balaban J connectivity index is 1.67. The summed E-state index contributed by atoms with van der Waals surface area (Å²) in [7, 11) is 0. The van der Waals surface area contributed by atoms with Crippen LogP contribution in [0.1, 0.15) is 11.6 Å². The van der Waals surface area contributed by atoms with Gasteiger partial charge >= 0.3 is 0 Å². The van der Waals surface area contributed by atoms with Crippen LogP contribution >= 0.6 is 0 Å². The fourth-order valence-corrected chi connectivity index (χ4v) is 3.11. The van der Waals surface area contributed by atoms with Gasteiger partial charge in [-0.3, -0.25) is 4.79 Å². The Morgan fingerprint density at radius 3 is 2.87 bits per heavy atom. The number of hydrogen-bond acceptors (Lipinski definition) is 4. The minimum absolute atomic E-state index is 0.0799. The number of morpholine rings is 1. The Kier molecular flexibility index (Phi) is 3.63. The Morgan fingerprint density at radius 1 is 1.13 bits per heavy atom. The van der Waals surface area contributed by atoms with Crippen molar-refractivity contribution in [2.75, 3.05) is 36.6 Å². The molecule has 0 radical (unpaired) electrons. The Bertz CT molecular complexity index is 717. The van der Waals surface area contributed by atoms with Crippen LogP contribution < -0.4 is 15.0 Å². The number of nitrogens with zero attached hydrogens (tertiary/aromatic N) is 1. The molecular weight excluding hydrogens is 292 g/mol. The summed E-state index contributed by atoms with van der Waals surface area (Å²) in [6.45, 7) is 2.25. The average molecular weight is 310 g/mol. The monoisotopic (exact) mass is 310 g/mol. The van der Waals surface area contributed by atoms with Gasteiger partial charge in [-0.1, -0.05) is 30.3 Å². The number of nitrogens with one attached hydrogen (secondary N) is 1. The molecule has 0 aromatic heterocycles. The van der Waals surface area contributed by atoms with E-state index in [0.29, 0.717) is 13.2 Å². The molecule has 1 amide bonds. The smallest absolute Gasteiger partial charge is 0.262 e. The Hall–Kier alpha value is -2.53. The summed E-state index contributed by atoms with van der Waals surface area (Å²) in [5.41, 5.74) is 3.02. The van der Waals surface area contributed by atoms with Crippen molar-refractivity contribution in [3.8, 4) is 5.75 Å². The highest BCUT2D eigenvalue weighted by molar-refractivity contribution is 5.96. The zero-order chi connectivity index (χ0) is 15.6. The second kappa shape index (κ2) is 5.93. The van der Waals surface area contributed by atoms with Crippen LogP contribution in [0.2, 0.25) is 0 Å². The van der Waals surface area contributed by atoms with Gasteiger partial charge in [0, 0.05) is 12.2 Å². The quantitative estimate of drug-likeness (QED) is 0.926. The molecule has 1 atom stereocenters. The summed E-state index contributed by atoms with van der Waals surface area (Å²) >= 11 is 0. The molecule has 2 aliphatic heterocycles. The molecule has 5 heteroatoms. The third-order valence-electron chi connectivity index (χ3n) is 4.24. The molecular formula is C18H18N2O3. The van der Waals surface area contributed by atoms with Crippen molar-refractivity contribution >= 4 is 17.3 Å². The molecule has 2 aromatic carbocycles. The highest BCUT2D eigenvalue weighted by atomic mass is 16.5. The standard InChI is InChI=1S/C18H18N2O3/c21-18-12-23-17-7-6-14(10-15(17)19-18)20-8-9-22-11-16(20)13-4-2-1-3-5-13/h1-7,10,16H,8-9,11-12H2,(H,19,21)/t16-/m1/s1. The average Bonchev–Trinajstić information content (AvgIpc) is 2.62. The number of amides is 1. The zero-order valence-electron chi connectivity index (χ0n) is 12.7. The molecule has 23 heavy (non-hydrogen) atoms. The zero-order valence-corrected chi connectivity index (χ0v) is 12.7. The number of fused-ring (bicyclic) bond motifs is 1. The number of rotatable bonds is 2. The van der Waals surface area contributed by atoms with Crippen molar-refractivity contribution in [1.82, 2.24) is 0 Å². The lowest BCUT2D eigenvalue weighted by molar-refractivity contribution is -0.118. The first-order valence-corrected chi connectivity index (χ1v) is 7.77. The number of anilines is 2. The van der Waals surface area contributed by atoms with E-state index in [4.69, 9.17) is 9.47 Å². The van der Waals surface area contributed by atoms with Gasteiger partial charge in [0.2, 0.25) is 0 Å². The minimum Gasteiger partial charge on any atom is -0.482 e. The van der Waals surface area contributed by atoms with Gasteiger partial charge in [-0.05, 0) is 23.8 Å². The van der Waals surface area contributed by atoms with Crippen LogP contribution in [-0.2, 0) is 9.53 Å². The number of hydrogen-bond donors (Lipinski definition) is 1. The number of carbonyl (C=O) groups is 1. The number of ether oxygens (including phenoxy) is 2. The highest BCUT2D eigenvalue weighted by Gasteiger charge is 2.26. The van der Waals surface area contributed by atoms with Gasteiger partial charge in [0.15, 0.2) is 6.61 Å². The summed E-state index contributed by atoms with van der Waals surface area (Å²) in [4.78, 5) is 13.8. The lowest BCUT2D eigenvalue weighted by Gasteiger charge is -2.38. The van der Waals surface area contributed by atoms with Gasteiger partial charge in [0.25, 0.3) is 5.91 Å². The molecule has 1 fully saturated rings. The summed E-state index contributed by atoms with van der Waals surface area (Å²) in [5, 5.41) is 2.87. The summed E-state index contributed by atoms with van der Waals surface area (Å²) < 4.78 is 11.1. The van der Waals surface area contributed by atoms with E-state index in [1.165, 1.54) is 5.56 Å². The summed E-state index contributed by atoms with van der Waals surface area (Å²) in [5.74, 6) is 0.606. The predicted molar refractivity (Wildman–Crippen MR) is 87.9 cm³/mol. The predicted octanol–water partition coefficient (Wildman–Crippen LogP) is 2.60. The summed E-state index contributed by atoms with van der Waals surface area (Å²) in [6, 6.07) is 16.5. The van der Waals surface area contributed by atoms with Crippen LogP contribution in [0.5, 0.6) is 5.75 Å². The topological polar surface area (TPSA) is 50.8 Å². The van der Waals surface area contributed by atoms with E-state index in [9.17, 15) is 4.79 Å². The largest absolute Gasteiger partial charge is 0.482 e. The molecule has 5 nitrogen and oxygen atoms in total. The third kappa shape index (κ3) is 2.75. The SMILES string of the molecule is O=C1COc2ccc(N3CCOC[C@@H]3c3ccccc3)cc2N1.